The molecule has 0 saturated heterocycles. The Morgan fingerprint density at radius 1 is 0.706 bits per heavy atom. The van der Waals surface area contributed by atoms with Gasteiger partial charge in [0.15, 0.2) is 23.3 Å². The minimum absolute atomic E-state index is 1.07. The number of benzene rings is 1. The summed E-state index contributed by atoms with van der Waals surface area (Å²) in [6.07, 6.45) is 0. The van der Waals surface area contributed by atoms with Gasteiger partial charge in [-0.1, -0.05) is 19.6 Å². The number of hydrogen-bond acceptors (Lipinski definition) is 2. The van der Waals surface area contributed by atoms with Crippen molar-refractivity contribution in [3.05, 3.63) is 29.1 Å². The van der Waals surface area contributed by atoms with E-state index in [0.29, 0.717) is 0 Å². The van der Waals surface area contributed by atoms with Crippen LogP contribution in [0.3, 0.4) is 0 Å². The molecule has 1 aromatic carbocycles. The number of anilines is 1. The summed E-state index contributed by atoms with van der Waals surface area (Å²) in [6, 6.07) is 0. The first-order valence-electron chi connectivity index (χ1n) is 4.69. The van der Waals surface area contributed by atoms with Crippen molar-refractivity contribution in [2.24, 2.45) is 0 Å². The van der Waals surface area contributed by atoms with E-state index < -0.39 is 43.0 Å². The largest absolute Gasteiger partial charge is 0.323 e. The summed E-state index contributed by atoms with van der Waals surface area (Å²) in [4.78, 5) is 0. The normalized spacial score (nSPS) is 11.8. The van der Waals surface area contributed by atoms with E-state index in [1.54, 1.807) is 19.6 Å². The van der Waals surface area contributed by atoms with E-state index in [0.717, 1.165) is 0 Å². The van der Waals surface area contributed by atoms with Crippen molar-refractivity contribution < 1.29 is 22.0 Å². The molecule has 0 unspecified atom stereocenters. The third kappa shape index (κ3) is 2.94. The van der Waals surface area contributed by atoms with Gasteiger partial charge in [0.05, 0.1) is 0 Å². The molecule has 2 N–H and O–H groups in total. The number of hydrazine groups is 1. The molecule has 0 atom stereocenters. The van der Waals surface area contributed by atoms with Gasteiger partial charge in [-0.15, -0.1) is 0 Å². The fourth-order valence-electron chi connectivity index (χ4n) is 0.965. The molecule has 96 valence electrons. The highest BCUT2D eigenvalue weighted by Gasteiger charge is 2.26. The molecule has 0 aliphatic carbocycles. The van der Waals surface area contributed by atoms with Crippen LogP contribution in [0, 0.1) is 29.1 Å². The van der Waals surface area contributed by atoms with Gasteiger partial charge in [0, 0.05) is 0 Å². The van der Waals surface area contributed by atoms with Crippen molar-refractivity contribution in [1.82, 2.24) is 5.09 Å². The SMILES string of the molecule is C[Si](C)(C)NNc1c(F)c(F)c(F)c(F)c1F. The van der Waals surface area contributed by atoms with E-state index in [4.69, 9.17) is 0 Å². The summed E-state index contributed by atoms with van der Waals surface area (Å²) in [6.45, 7) is 5.35. The van der Waals surface area contributed by atoms with E-state index in [-0.39, 0.29) is 0 Å². The second-order valence-electron chi connectivity index (χ2n) is 4.44. The molecule has 0 radical (unpaired) electrons. The molecule has 0 saturated carbocycles. The molecule has 0 heterocycles. The summed E-state index contributed by atoms with van der Waals surface area (Å²) < 4.78 is 64.7. The number of nitrogens with one attached hydrogen (secondary N) is 2. The van der Waals surface area contributed by atoms with Crippen LogP contribution in [0.5, 0.6) is 0 Å². The lowest BCUT2D eigenvalue weighted by Crippen LogP contribution is -2.45. The molecular weight excluding hydrogens is 259 g/mol. The number of halogens is 5. The standard InChI is InChI=1S/C9H11F5N2Si/c1-17(2,3)16-15-9-7(13)5(11)4(10)6(12)8(9)14/h15-16H,1-3H3. The Balaban J connectivity index is 3.16. The maximum absolute atomic E-state index is 13.2. The Morgan fingerprint density at radius 3 is 1.41 bits per heavy atom. The van der Waals surface area contributed by atoms with E-state index in [2.05, 4.69) is 5.09 Å². The summed E-state index contributed by atoms with van der Waals surface area (Å²) in [5.41, 5.74) is 0.979. The van der Waals surface area contributed by atoms with E-state index >= 15 is 0 Å². The fourth-order valence-corrected chi connectivity index (χ4v) is 1.46. The molecule has 0 aliphatic rings. The summed E-state index contributed by atoms with van der Waals surface area (Å²) in [5, 5.41) is 2.55. The van der Waals surface area contributed by atoms with Gasteiger partial charge in [-0.3, -0.25) is 5.09 Å². The van der Waals surface area contributed by atoms with Gasteiger partial charge in [-0.05, 0) is 0 Å². The third-order valence-corrected chi connectivity index (χ3v) is 2.65. The quantitative estimate of drug-likeness (QED) is 0.290. The molecule has 0 spiro atoms. The van der Waals surface area contributed by atoms with Crippen LogP contribution in [0.15, 0.2) is 0 Å². The second-order valence-corrected chi connectivity index (χ2v) is 9.19. The Labute approximate surface area is 95.9 Å². The van der Waals surface area contributed by atoms with Gasteiger partial charge in [0.1, 0.15) is 13.9 Å². The molecule has 0 bridgehead atoms. The lowest BCUT2D eigenvalue weighted by Gasteiger charge is -2.20. The molecule has 1 aromatic rings. The summed E-state index contributed by atoms with van der Waals surface area (Å²) in [7, 11) is -1.97. The average molecular weight is 270 g/mol. The molecule has 2 nitrogen and oxygen atoms in total. The average Bonchev–Trinajstić information content (AvgIpc) is 2.22. The lowest BCUT2D eigenvalue weighted by molar-refractivity contribution is 0.381. The van der Waals surface area contributed by atoms with Crippen LogP contribution in [-0.4, -0.2) is 8.24 Å². The molecule has 0 aromatic heterocycles. The topological polar surface area (TPSA) is 24.1 Å². The second kappa shape index (κ2) is 4.61. The molecular formula is C9H11F5N2Si. The van der Waals surface area contributed by atoms with Crippen molar-refractivity contribution in [2.45, 2.75) is 19.6 Å². The predicted molar refractivity (Wildman–Crippen MR) is 56.3 cm³/mol. The van der Waals surface area contributed by atoms with Crippen LogP contribution >= 0.6 is 0 Å². The summed E-state index contributed by atoms with van der Waals surface area (Å²) in [5.74, 6) is -9.87. The first kappa shape index (κ1) is 13.9. The number of rotatable bonds is 3. The highest BCUT2D eigenvalue weighted by Crippen LogP contribution is 2.26. The van der Waals surface area contributed by atoms with E-state index in [1.165, 1.54) is 0 Å². The maximum Gasteiger partial charge on any atom is 0.200 e. The highest BCUT2D eigenvalue weighted by molar-refractivity contribution is 6.73. The van der Waals surface area contributed by atoms with Gasteiger partial charge in [-0.2, -0.15) is 0 Å². The Bertz CT molecular complexity index is 415. The minimum Gasteiger partial charge on any atom is -0.323 e. The van der Waals surface area contributed by atoms with Crippen LogP contribution in [0.25, 0.3) is 0 Å². The molecule has 0 aliphatic heterocycles. The van der Waals surface area contributed by atoms with Gasteiger partial charge >= 0.3 is 0 Å². The van der Waals surface area contributed by atoms with Crippen molar-refractivity contribution in [3.63, 3.8) is 0 Å². The van der Waals surface area contributed by atoms with E-state index in [9.17, 15) is 22.0 Å². The zero-order valence-corrected chi connectivity index (χ0v) is 10.4. The molecule has 8 heteroatoms. The molecule has 17 heavy (non-hydrogen) atoms. The number of hydrogen-bond donors (Lipinski definition) is 2. The molecule has 0 fully saturated rings. The predicted octanol–water partition coefficient (Wildman–Crippen LogP) is 3.13. The smallest absolute Gasteiger partial charge is 0.200 e. The zero-order chi connectivity index (χ0) is 13.4. The Morgan fingerprint density at radius 2 is 1.06 bits per heavy atom. The molecule has 0 amide bonds. The van der Waals surface area contributed by atoms with Crippen molar-refractivity contribution >= 4 is 13.9 Å². The van der Waals surface area contributed by atoms with Crippen molar-refractivity contribution in [1.29, 1.82) is 0 Å². The zero-order valence-electron chi connectivity index (χ0n) is 9.39. The minimum atomic E-state index is -2.17. The Hall–Kier alpha value is -1.15. The monoisotopic (exact) mass is 270 g/mol. The van der Waals surface area contributed by atoms with E-state index in [1.807, 2.05) is 5.43 Å². The van der Waals surface area contributed by atoms with Crippen LogP contribution in [0.1, 0.15) is 0 Å². The first-order valence-corrected chi connectivity index (χ1v) is 8.19. The molecule has 1 rings (SSSR count). The lowest BCUT2D eigenvalue weighted by atomic mass is 10.2. The summed E-state index contributed by atoms with van der Waals surface area (Å²) >= 11 is 0. The van der Waals surface area contributed by atoms with Crippen LogP contribution in [0.2, 0.25) is 19.6 Å². The van der Waals surface area contributed by atoms with Crippen LogP contribution in [0.4, 0.5) is 27.6 Å². The van der Waals surface area contributed by atoms with Crippen LogP contribution in [-0.2, 0) is 0 Å². The van der Waals surface area contributed by atoms with Crippen LogP contribution < -0.4 is 10.5 Å². The van der Waals surface area contributed by atoms with Gasteiger partial charge < -0.3 is 5.43 Å². The van der Waals surface area contributed by atoms with Crippen molar-refractivity contribution in [3.8, 4) is 0 Å². The fraction of sp³-hybridized carbons (Fsp3) is 0.333. The van der Waals surface area contributed by atoms with Crippen molar-refractivity contribution in [2.75, 3.05) is 5.43 Å². The third-order valence-electron chi connectivity index (χ3n) is 1.77. The highest BCUT2D eigenvalue weighted by atomic mass is 28.3. The van der Waals surface area contributed by atoms with Gasteiger partial charge in [0.25, 0.3) is 0 Å². The van der Waals surface area contributed by atoms with Gasteiger partial charge in [0.2, 0.25) is 5.82 Å². The van der Waals surface area contributed by atoms with Gasteiger partial charge in [-0.25, -0.2) is 22.0 Å². The first-order chi connectivity index (χ1) is 7.65. The Kier molecular flexibility index (Phi) is 3.77. The maximum atomic E-state index is 13.2.